The molecule has 1 unspecified atom stereocenters. The molecule has 1 atom stereocenters. The SMILES string of the molecule is CC(N)c1cncc(-c2cccc(Cl)c2)c1. The Hall–Kier alpha value is -1.38. The molecule has 2 nitrogen and oxygen atoms in total. The molecule has 1 aromatic carbocycles. The summed E-state index contributed by atoms with van der Waals surface area (Å²) < 4.78 is 0. The van der Waals surface area contributed by atoms with E-state index >= 15 is 0 Å². The monoisotopic (exact) mass is 232 g/mol. The maximum absolute atomic E-state index is 5.95. The second kappa shape index (κ2) is 4.64. The maximum atomic E-state index is 5.95. The van der Waals surface area contributed by atoms with Crippen LogP contribution in [0.15, 0.2) is 42.7 Å². The van der Waals surface area contributed by atoms with E-state index < -0.39 is 0 Å². The van der Waals surface area contributed by atoms with Crippen molar-refractivity contribution in [3.8, 4) is 11.1 Å². The predicted octanol–water partition coefficient (Wildman–Crippen LogP) is 3.42. The molecule has 2 aromatic rings. The fourth-order valence-corrected chi connectivity index (χ4v) is 1.72. The van der Waals surface area contributed by atoms with Gasteiger partial charge in [-0.3, -0.25) is 4.98 Å². The number of aromatic nitrogens is 1. The van der Waals surface area contributed by atoms with Crippen LogP contribution in [0.5, 0.6) is 0 Å². The molecule has 0 aliphatic rings. The average Bonchev–Trinajstić information content (AvgIpc) is 2.29. The summed E-state index contributed by atoms with van der Waals surface area (Å²) in [5.41, 5.74) is 8.95. The summed E-state index contributed by atoms with van der Waals surface area (Å²) in [6, 6.07) is 9.75. The molecule has 0 amide bonds. The molecule has 82 valence electrons. The smallest absolute Gasteiger partial charge is 0.0412 e. The van der Waals surface area contributed by atoms with Gasteiger partial charge in [-0.15, -0.1) is 0 Å². The van der Waals surface area contributed by atoms with E-state index in [2.05, 4.69) is 4.98 Å². The van der Waals surface area contributed by atoms with Crippen LogP contribution in [0.2, 0.25) is 5.02 Å². The van der Waals surface area contributed by atoms with Crippen molar-refractivity contribution in [2.75, 3.05) is 0 Å². The number of nitrogens with two attached hydrogens (primary N) is 1. The van der Waals surface area contributed by atoms with E-state index in [1.54, 1.807) is 6.20 Å². The van der Waals surface area contributed by atoms with Gasteiger partial charge < -0.3 is 5.73 Å². The lowest BCUT2D eigenvalue weighted by Gasteiger charge is -2.07. The summed E-state index contributed by atoms with van der Waals surface area (Å²) in [5.74, 6) is 0. The highest BCUT2D eigenvalue weighted by Gasteiger charge is 2.03. The van der Waals surface area contributed by atoms with Crippen LogP contribution in [0.1, 0.15) is 18.5 Å². The summed E-state index contributed by atoms with van der Waals surface area (Å²) in [4.78, 5) is 4.19. The highest BCUT2D eigenvalue weighted by atomic mass is 35.5. The molecule has 0 saturated carbocycles. The van der Waals surface area contributed by atoms with E-state index in [1.165, 1.54) is 0 Å². The Balaban J connectivity index is 2.44. The molecule has 0 spiro atoms. The zero-order valence-corrected chi connectivity index (χ0v) is 9.78. The van der Waals surface area contributed by atoms with Gasteiger partial charge >= 0.3 is 0 Å². The molecule has 2 rings (SSSR count). The summed E-state index contributed by atoms with van der Waals surface area (Å²) >= 11 is 5.95. The summed E-state index contributed by atoms with van der Waals surface area (Å²) in [6.07, 6.45) is 3.61. The minimum Gasteiger partial charge on any atom is -0.324 e. The molecule has 0 bridgehead atoms. The molecule has 0 aliphatic carbocycles. The average molecular weight is 233 g/mol. The van der Waals surface area contributed by atoms with Crippen molar-refractivity contribution < 1.29 is 0 Å². The third-order valence-corrected chi connectivity index (χ3v) is 2.68. The Labute approximate surface area is 100 Å². The first-order valence-corrected chi connectivity index (χ1v) is 5.51. The number of rotatable bonds is 2. The number of hydrogen-bond donors (Lipinski definition) is 1. The molecule has 0 aliphatic heterocycles. The van der Waals surface area contributed by atoms with Crippen LogP contribution in [-0.2, 0) is 0 Å². The quantitative estimate of drug-likeness (QED) is 0.862. The van der Waals surface area contributed by atoms with Gasteiger partial charge in [0.25, 0.3) is 0 Å². The Morgan fingerprint density at radius 3 is 2.69 bits per heavy atom. The fourth-order valence-electron chi connectivity index (χ4n) is 1.53. The van der Waals surface area contributed by atoms with E-state index in [0.29, 0.717) is 0 Å². The molecule has 0 fully saturated rings. The summed E-state index contributed by atoms with van der Waals surface area (Å²) in [5, 5.41) is 0.726. The van der Waals surface area contributed by atoms with Crippen molar-refractivity contribution in [1.82, 2.24) is 4.98 Å². The Kier molecular flexibility index (Phi) is 3.22. The number of halogens is 1. The highest BCUT2D eigenvalue weighted by Crippen LogP contribution is 2.23. The number of pyridine rings is 1. The van der Waals surface area contributed by atoms with Gasteiger partial charge in [-0.05, 0) is 36.2 Å². The highest BCUT2D eigenvalue weighted by molar-refractivity contribution is 6.30. The molecular weight excluding hydrogens is 220 g/mol. The standard InChI is InChI=1S/C13H13ClN2/c1-9(15)11-5-12(8-16-7-11)10-3-2-4-13(14)6-10/h2-9H,15H2,1H3. The number of nitrogens with zero attached hydrogens (tertiary/aromatic N) is 1. The third-order valence-electron chi connectivity index (χ3n) is 2.44. The first kappa shape index (κ1) is 11.1. The molecule has 1 heterocycles. The van der Waals surface area contributed by atoms with Crippen molar-refractivity contribution in [2.24, 2.45) is 5.73 Å². The van der Waals surface area contributed by atoms with Gasteiger partial charge in [0.1, 0.15) is 0 Å². The molecule has 0 saturated heterocycles. The third kappa shape index (κ3) is 2.40. The minimum absolute atomic E-state index is 0.00775. The van der Waals surface area contributed by atoms with Gasteiger partial charge in [-0.2, -0.15) is 0 Å². The molecule has 3 heteroatoms. The van der Waals surface area contributed by atoms with E-state index in [-0.39, 0.29) is 6.04 Å². The summed E-state index contributed by atoms with van der Waals surface area (Å²) in [7, 11) is 0. The number of benzene rings is 1. The van der Waals surface area contributed by atoms with Gasteiger partial charge in [0.05, 0.1) is 0 Å². The number of hydrogen-bond acceptors (Lipinski definition) is 2. The minimum atomic E-state index is -0.00775. The van der Waals surface area contributed by atoms with Gasteiger partial charge in [-0.1, -0.05) is 23.7 Å². The van der Waals surface area contributed by atoms with Crippen molar-refractivity contribution in [3.05, 3.63) is 53.3 Å². The Morgan fingerprint density at radius 1 is 1.19 bits per heavy atom. The molecule has 1 aromatic heterocycles. The van der Waals surface area contributed by atoms with E-state index in [9.17, 15) is 0 Å². The topological polar surface area (TPSA) is 38.9 Å². The predicted molar refractivity (Wildman–Crippen MR) is 67.3 cm³/mol. The van der Waals surface area contributed by atoms with Crippen LogP contribution in [-0.4, -0.2) is 4.98 Å². The molecule has 2 N–H and O–H groups in total. The second-order valence-electron chi connectivity index (χ2n) is 3.81. The lowest BCUT2D eigenvalue weighted by Crippen LogP contribution is -2.05. The van der Waals surface area contributed by atoms with Crippen LogP contribution in [0.25, 0.3) is 11.1 Å². The zero-order chi connectivity index (χ0) is 11.5. The van der Waals surface area contributed by atoms with E-state index in [0.717, 1.165) is 21.7 Å². The van der Waals surface area contributed by atoms with E-state index in [4.69, 9.17) is 17.3 Å². The lowest BCUT2D eigenvalue weighted by atomic mass is 10.0. The first-order valence-electron chi connectivity index (χ1n) is 5.13. The van der Waals surface area contributed by atoms with E-state index in [1.807, 2.05) is 43.5 Å². The lowest BCUT2D eigenvalue weighted by molar-refractivity contribution is 0.812. The normalized spacial score (nSPS) is 12.4. The Bertz CT molecular complexity index is 495. The largest absolute Gasteiger partial charge is 0.324 e. The van der Waals surface area contributed by atoms with Crippen molar-refractivity contribution >= 4 is 11.6 Å². The van der Waals surface area contributed by atoms with Crippen molar-refractivity contribution in [2.45, 2.75) is 13.0 Å². The maximum Gasteiger partial charge on any atom is 0.0412 e. The van der Waals surface area contributed by atoms with Crippen LogP contribution >= 0.6 is 11.6 Å². The first-order chi connectivity index (χ1) is 7.66. The van der Waals surface area contributed by atoms with Crippen molar-refractivity contribution in [3.63, 3.8) is 0 Å². The van der Waals surface area contributed by atoms with Gasteiger partial charge in [0, 0.05) is 29.0 Å². The Morgan fingerprint density at radius 2 is 2.00 bits per heavy atom. The zero-order valence-electron chi connectivity index (χ0n) is 9.02. The molecule has 0 radical (unpaired) electrons. The van der Waals surface area contributed by atoms with Crippen molar-refractivity contribution in [1.29, 1.82) is 0 Å². The fraction of sp³-hybridized carbons (Fsp3) is 0.154. The van der Waals surface area contributed by atoms with Gasteiger partial charge in [0.2, 0.25) is 0 Å². The van der Waals surface area contributed by atoms with Crippen LogP contribution in [0, 0.1) is 0 Å². The van der Waals surface area contributed by atoms with Crippen LogP contribution in [0.4, 0.5) is 0 Å². The second-order valence-corrected chi connectivity index (χ2v) is 4.24. The molecule has 16 heavy (non-hydrogen) atoms. The molecular formula is C13H13ClN2. The van der Waals surface area contributed by atoms with Gasteiger partial charge in [0.15, 0.2) is 0 Å². The van der Waals surface area contributed by atoms with Crippen LogP contribution < -0.4 is 5.73 Å². The van der Waals surface area contributed by atoms with Crippen LogP contribution in [0.3, 0.4) is 0 Å². The summed E-state index contributed by atoms with van der Waals surface area (Å²) in [6.45, 7) is 1.94. The van der Waals surface area contributed by atoms with Gasteiger partial charge in [-0.25, -0.2) is 0 Å².